The fourth-order valence-corrected chi connectivity index (χ4v) is 3.18. The smallest absolute Gasteiger partial charge is 0.237 e. The van der Waals surface area contributed by atoms with Crippen LogP contribution < -0.4 is 10.6 Å². The van der Waals surface area contributed by atoms with Crippen molar-refractivity contribution in [1.29, 1.82) is 0 Å². The lowest BCUT2D eigenvalue weighted by molar-refractivity contribution is -0.128. The fraction of sp³-hybridized carbons (Fsp3) is 0.933. The molecule has 1 aliphatic heterocycles. The van der Waals surface area contributed by atoms with E-state index in [1.807, 2.05) is 0 Å². The molecule has 19 heavy (non-hydrogen) atoms. The SMILES string of the molecule is CCCN(C1CNC1)C(C)C(=O)NC1CCCCC1. The van der Waals surface area contributed by atoms with E-state index >= 15 is 0 Å². The van der Waals surface area contributed by atoms with Gasteiger partial charge in [-0.3, -0.25) is 9.69 Å². The average Bonchev–Trinajstić information content (AvgIpc) is 2.36. The van der Waals surface area contributed by atoms with Crippen LogP contribution in [-0.2, 0) is 4.79 Å². The van der Waals surface area contributed by atoms with Crippen molar-refractivity contribution in [3.05, 3.63) is 0 Å². The van der Waals surface area contributed by atoms with Crippen molar-refractivity contribution < 1.29 is 4.79 Å². The quantitative estimate of drug-likeness (QED) is 0.767. The van der Waals surface area contributed by atoms with E-state index in [-0.39, 0.29) is 11.9 Å². The summed E-state index contributed by atoms with van der Waals surface area (Å²) >= 11 is 0. The molecule has 0 aromatic heterocycles. The molecule has 0 aromatic rings. The molecule has 2 N–H and O–H groups in total. The van der Waals surface area contributed by atoms with Crippen LogP contribution in [0.1, 0.15) is 52.4 Å². The summed E-state index contributed by atoms with van der Waals surface area (Å²) in [6, 6.07) is 0.979. The summed E-state index contributed by atoms with van der Waals surface area (Å²) in [5.74, 6) is 0.229. The van der Waals surface area contributed by atoms with Gasteiger partial charge in [0.25, 0.3) is 0 Å². The number of nitrogens with zero attached hydrogens (tertiary/aromatic N) is 1. The van der Waals surface area contributed by atoms with Gasteiger partial charge < -0.3 is 10.6 Å². The number of nitrogens with one attached hydrogen (secondary N) is 2. The van der Waals surface area contributed by atoms with Crippen molar-refractivity contribution >= 4 is 5.91 Å². The van der Waals surface area contributed by atoms with Gasteiger partial charge in [0, 0.05) is 25.2 Å². The molecule has 1 saturated carbocycles. The van der Waals surface area contributed by atoms with Crippen molar-refractivity contribution in [3.8, 4) is 0 Å². The zero-order chi connectivity index (χ0) is 13.7. The normalized spacial score (nSPS) is 23.1. The maximum absolute atomic E-state index is 12.4. The van der Waals surface area contributed by atoms with Crippen LogP contribution in [0.4, 0.5) is 0 Å². The van der Waals surface area contributed by atoms with E-state index in [1.54, 1.807) is 0 Å². The molecule has 4 nitrogen and oxygen atoms in total. The van der Waals surface area contributed by atoms with Crippen molar-refractivity contribution in [2.24, 2.45) is 0 Å². The second kappa shape index (κ2) is 7.25. The molecular weight excluding hydrogens is 238 g/mol. The lowest BCUT2D eigenvalue weighted by Gasteiger charge is -2.41. The standard InChI is InChI=1S/C15H29N3O/c1-3-9-18(14-10-16-11-14)12(2)15(19)17-13-7-5-4-6-8-13/h12-14,16H,3-11H2,1-2H3,(H,17,19). The van der Waals surface area contributed by atoms with Crippen molar-refractivity contribution in [3.63, 3.8) is 0 Å². The monoisotopic (exact) mass is 267 g/mol. The Labute approximate surface area is 117 Å². The third kappa shape index (κ3) is 3.93. The lowest BCUT2D eigenvalue weighted by Crippen LogP contribution is -2.62. The summed E-state index contributed by atoms with van der Waals surface area (Å²) in [6.07, 6.45) is 7.30. The average molecular weight is 267 g/mol. The highest BCUT2D eigenvalue weighted by Gasteiger charge is 2.31. The fourth-order valence-electron chi connectivity index (χ4n) is 3.18. The lowest BCUT2D eigenvalue weighted by atomic mass is 9.95. The predicted molar refractivity (Wildman–Crippen MR) is 78.1 cm³/mol. The Kier molecular flexibility index (Phi) is 5.64. The molecule has 4 heteroatoms. The Bertz CT molecular complexity index is 285. The van der Waals surface area contributed by atoms with E-state index in [9.17, 15) is 4.79 Å². The van der Waals surface area contributed by atoms with Crippen LogP contribution in [0.25, 0.3) is 0 Å². The molecule has 110 valence electrons. The zero-order valence-electron chi connectivity index (χ0n) is 12.5. The molecule has 0 radical (unpaired) electrons. The summed E-state index contributed by atoms with van der Waals surface area (Å²) in [5, 5.41) is 6.56. The van der Waals surface area contributed by atoms with Crippen LogP contribution in [0, 0.1) is 0 Å². The second-order valence-corrected chi connectivity index (χ2v) is 6.07. The second-order valence-electron chi connectivity index (χ2n) is 6.07. The van der Waals surface area contributed by atoms with Gasteiger partial charge in [0.15, 0.2) is 0 Å². The van der Waals surface area contributed by atoms with Crippen molar-refractivity contribution in [2.45, 2.75) is 70.5 Å². The summed E-state index contributed by atoms with van der Waals surface area (Å²) in [6.45, 7) is 7.32. The molecule has 2 rings (SSSR count). The first-order chi connectivity index (χ1) is 9.22. The third-order valence-electron chi connectivity index (χ3n) is 4.54. The molecular formula is C15H29N3O. The predicted octanol–water partition coefficient (Wildman–Crippen LogP) is 1.51. The van der Waals surface area contributed by atoms with Crippen LogP contribution in [0.5, 0.6) is 0 Å². The van der Waals surface area contributed by atoms with Crippen molar-refractivity contribution in [1.82, 2.24) is 15.5 Å². The van der Waals surface area contributed by atoms with Gasteiger partial charge in [-0.2, -0.15) is 0 Å². The van der Waals surface area contributed by atoms with Gasteiger partial charge in [0.05, 0.1) is 6.04 Å². The van der Waals surface area contributed by atoms with E-state index in [1.165, 1.54) is 19.3 Å². The molecule has 1 saturated heterocycles. The Morgan fingerprint density at radius 1 is 1.32 bits per heavy atom. The van der Waals surface area contributed by atoms with E-state index in [0.717, 1.165) is 38.9 Å². The molecule has 1 heterocycles. The van der Waals surface area contributed by atoms with Crippen LogP contribution in [-0.4, -0.2) is 48.6 Å². The molecule has 0 spiro atoms. The largest absolute Gasteiger partial charge is 0.352 e. The summed E-state index contributed by atoms with van der Waals surface area (Å²) in [4.78, 5) is 14.8. The van der Waals surface area contributed by atoms with Crippen LogP contribution >= 0.6 is 0 Å². The first-order valence-corrected chi connectivity index (χ1v) is 7.99. The van der Waals surface area contributed by atoms with Gasteiger partial charge in [-0.1, -0.05) is 26.2 Å². The van der Waals surface area contributed by atoms with Crippen molar-refractivity contribution in [2.75, 3.05) is 19.6 Å². The zero-order valence-corrected chi connectivity index (χ0v) is 12.5. The summed E-state index contributed by atoms with van der Waals surface area (Å²) in [5.41, 5.74) is 0. The van der Waals surface area contributed by atoms with E-state index in [4.69, 9.17) is 0 Å². The molecule has 0 aromatic carbocycles. The van der Waals surface area contributed by atoms with Crippen LogP contribution in [0.15, 0.2) is 0 Å². The molecule has 2 aliphatic rings. The van der Waals surface area contributed by atoms with Crippen LogP contribution in [0.3, 0.4) is 0 Å². The first kappa shape index (κ1) is 14.8. The van der Waals surface area contributed by atoms with Gasteiger partial charge in [0.1, 0.15) is 0 Å². The maximum Gasteiger partial charge on any atom is 0.237 e. The van der Waals surface area contributed by atoms with Gasteiger partial charge in [-0.25, -0.2) is 0 Å². The minimum absolute atomic E-state index is 0.00831. The maximum atomic E-state index is 12.4. The highest BCUT2D eigenvalue weighted by molar-refractivity contribution is 5.81. The molecule has 1 amide bonds. The first-order valence-electron chi connectivity index (χ1n) is 7.99. The van der Waals surface area contributed by atoms with Crippen LogP contribution in [0.2, 0.25) is 0 Å². The number of carbonyl (C=O) groups is 1. The summed E-state index contributed by atoms with van der Waals surface area (Å²) < 4.78 is 0. The van der Waals surface area contributed by atoms with E-state index in [2.05, 4.69) is 29.4 Å². The number of hydrogen-bond donors (Lipinski definition) is 2. The Hall–Kier alpha value is -0.610. The minimum atomic E-state index is 0.00831. The molecule has 0 bridgehead atoms. The highest BCUT2D eigenvalue weighted by Crippen LogP contribution is 2.18. The Balaban J connectivity index is 1.84. The molecule has 1 aliphatic carbocycles. The number of carbonyl (C=O) groups excluding carboxylic acids is 1. The van der Waals surface area contributed by atoms with Gasteiger partial charge in [-0.15, -0.1) is 0 Å². The van der Waals surface area contributed by atoms with Gasteiger partial charge >= 0.3 is 0 Å². The Morgan fingerprint density at radius 3 is 2.53 bits per heavy atom. The number of rotatable bonds is 6. The molecule has 1 unspecified atom stereocenters. The highest BCUT2D eigenvalue weighted by atomic mass is 16.2. The number of amides is 1. The molecule has 1 atom stereocenters. The van der Waals surface area contributed by atoms with E-state index in [0.29, 0.717) is 12.1 Å². The number of hydrogen-bond acceptors (Lipinski definition) is 3. The minimum Gasteiger partial charge on any atom is -0.352 e. The Morgan fingerprint density at radius 2 is 2.00 bits per heavy atom. The van der Waals surface area contributed by atoms with Gasteiger partial charge in [-0.05, 0) is 32.7 Å². The topological polar surface area (TPSA) is 44.4 Å². The third-order valence-corrected chi connectivity index (χ3v) is 4.54. The van der Waals surface area contributed by atoms with Gasteiger partial charge in [0.2, 0.25) is 5.91 Å². The molecule has 2 fully saturated rings. The van der Waals surface area contributed by atoms with E-state index < -0.39 is 0 Å². The summed E-state index contributed by atoms with van der Waals surface area (Å²) in [7, 11) is 0.